The molecule has 0 unspecified atom stereocenters. The van der Waals surface area contributed by atoms with Crippen LogP contribution in [0.3, 0.4) is 0 Å². The molecule has 94 valence electrons. The molecule has 1 aromatic carbocycles. The Labute approximate surface area is 110 Å². The second-order valence-corrected chi connectivity index (χ2v) is 4.52. The molecule has 2 heterocycles. The fourth-order valence-electron chi connectivity index (χ4n) is 2.06. The summed E-state index contributed by atoms with van der Waals surface area (Å²) in [7, 11) is 0. The molecule has 19 heavy (non-hydrogen) atoms. The van der Waals surface area contributed by atoms with Gasteiger partial charge in [0, 0.05) is 11.6 Å². The van der Waals surface area contributed by atoms with Crippen LogP contribution in [-0.4, -0.2) is 10.8 Å². The standard InChI is InChI=1S/C16H13NO2/c1-11-5-4-8-17-13(11)10-14(18)16-9-12-6-2-3-7-15(12)19-16/h2-9H,10H2,1H3. The van der Waals surface area contributed by atoms with Crippen LogP contribution in [-0.2, 0) is 6.42 Å². The maximum atomic E-state index is 12.2. The Balaban J connectivity index is 1.90. The Morgan fingerprint density at radius 1 is 1.21 bits per heavy atom. The summed E-state index contributed by atoms with van der Waals surface area (Å²) in [5.41, 5.74) is 2.56. The van der Waals surface area contributed by atoms with E-state index in [9.17, 15) is 4.79 Å². The smallest absolute Gasteiger partial charge is 0.203 e. The molecule has 0 bridgehead atoms. The highest BCUT2D eigenvalue weighted by molar-refractivity contribution is 5.98. The van der Waals surface area contributed by atoms with Crippen molar-refractivity contribution in [1.82, 2.24) is 4.98 Å². The maximum Gasteiger partial charge on any atom is 0.203 e. The zero-order valence-corrected chi connectivity index (χ0v) is 10.6. The zero-order chi connectivity index (χ0) is 13.2. The van der Waals surface area contributed by atoms with Crippen molar-refractivity contribution in [2.45, 2.75) is 13.3 Å². The Morgan fingerprint density at radius 2 is 2.05 bits per heavy atom. The monoisotopic (exact) mass is 251 g/mol. The van der Waals surface area contributed by atoms with E-state index in [2.05, 4.69) is 4.98 Å². The molecule has 3 aromatic rings. The van der Waals surface area contributed by atoms with Gasteiger partial charge in [0.1, 0.15) is 5.58 Å². The summed E-state index contributed by atoms with van der Waals surface area (Å²) in [4.78, 5) is 16.4. The van der Waals surface area contributed by atoms with Crippen molar-refractivity contribution in [1.29, 1.82) is 0 Å². The SMILES string of the molecule is Cc1cccnc1CC(=O)c1cc2ccccc2o1. The van der Waals surface area contributed by atoms with Crippen LogP contribution in [0.4, 0.5) is 0 Å². The number of aryl methyl sites for hydroxylation is 1. The molecule has 0 atom stereocenters. The Hall–Kier alpha value is -2.42. The molecule has 2 aromatic heterocycles. The molecule has 0 aliphatic carbocycles. The summed E-state index contributed by atoms with van der Waals surface area (Å²) < 4.78 is 5.56. The number of para-hydroxylation sites is 1. The molecule has 0 saturated carbocycles. The molecule has 3 rings (SSSR count). The largest absolute Gasteiger partial charge is 0.453 e. The van der Waals surface area contributed by atoms with E-state index in [1.54, 1.807) is 12.3 Å². The molecular weight excluding hydrogens is 238 g/mol. The van der Waals surface area contributed by atoms with E-state index in [0.29, 0.717) is 5.76 Å². The third kappa shape index (κ3) is 2.27. The summed E-state index contributed by atoms with van der Waals surface area (Å²) in [6, 6.07) is 13.2. The minimum absolute atomic E-state index is 0.0435. The average molecular weight is 251 g/mol. The van der Waals surface area contributed by atoms with E-state index < -0.39 is 0 Å². The van der Waals surface area contributed by atoms with E-state index in [4.69, 9.17) is 4.42 Å². The van der Waals surface area contributed by atoms with Gasteiger partial charge < -0.3 is 4.42 Å². The number of hydrogen-bond acceptors (Lipinski definition) is 3. The molecular formula is C16H13NO2. The van der Waals surface area contributed by atoms with E-state index in [-0.39, 0.29) is 12.2 Å². The summed E-state index contributed by atoms with van der Waals surface area (Å²) in [6.45, 7) is 1.95. The first-order chi connectivity index (χ1) is 9.24. The lowest BCUT2D eigenvalue weighted by atomic mass is 10.1. The Bertz CT molecular complexity index is 710. The van der Waals surface area contributed by atoms with E-state index >= 15 is 0 Å². The first-order valence-electron chi connectivity index (χ1n) is 6.16. The van der Waals surface area contributed by atoms with Gasteiger partial charge in [-0.05, 0) is 30.7 Å². The summed E-state index contributed by atoms with van der Waals surface area (Å²) >= 11 is 0. The molecule has 0 N–H and O–H groups in total. The van der Waals surface area contributed by atoms with Crippen molar-refractivity contribution < 1.29 is 9.21 Å². The fourth-order valence-corrected chi connectivity index (χ4v) is 2.06. The molecule has 0 aliphatic rings. The van der Waals surface area contributed by atoms with Gasteiger partial charge in [-0.3, -0.25) is 9.78 Å². The van der Waals surface area contributed by atoms with E-state index in [1.165, 1.54) is 0 Å². The lowest BCUT2D eigenvalue weighted by Crippen LogP contribution is -2.05. The predicted molar refractivity (Wildman–Crippen MR) is 73.2 cm³/mol. The number of pyridine rings is 1. The minimum Gasteiger partial charge on any atom is -0.453 e. The zero-order valence-electron chi connectivity index (χ0n) is 10.6. The van der Waals surface area contributed by atoms with Crippen molar-refractivity contribution in [2.75, 3.05) is 0 Å². The van der Waals surface area contributed by atoms with Gasteiger partial charge >= 0.3 is 0 Å². The van der Waals surface area contributed by atoms with Gasteiger partial charge in [0.25, 0.3) is 0 Å². The number of fused-ring (bicyclic) bond motifs is 1. The highest BCUT2D eigenvalue weighted by Gasteiger charge is 2.14. The van der Waals surface area contributed by atoms with Crippen molar-refractivity contribution in [3.8, 4) is 0 Å². The predicted octanol–water partition coefficient (Wildman–Crippen LogP) is 3.56. The Kier molecular flexibility index (Phi) is 2.88. The van der Waals surface area contributed by atoms with Crippen molar-refractivity contribution in [2.24, 2.45) is 0 Å². The number of rotatable bonds is 3. The molecule has 3 heteroatoms. The number of benzene rings is 1. The van der Waals surface area contributed by atoms with Crippen LogP contribution < -0.4 is 0 Å². The van der Waals surface area contributed by atoms with Gasteiger partial charge in [-0.1, -0.05) is 24.3 Å². The second-order valence-electron chi connectivity index (χ2n) is 4.52. The number of aromatic nitrogens is 1. The van der Waals surface area contributed by atoms with Crippen molar-refractivity contribution in [3.05, 3.63) is 65.7 Å². The summed E-state index contributed by atoms with van der Waals surface area (Å²) in [5, 5.41) is 0.948. The summed E-state index contributed by atoms with van der Waals surface area (Å²) in [6.07, 6.45) is 1.97. The number of nitrogens with zero attached hydrogens (tertiary/aromatic N) is 1. The van der Waals surface area contributed by atoms with Crippen LogP contribution in [0.15, 0.2) is 53.1 Å². The van der Waals surface area contributed by atoms with Crippen LogP contribution in [0.5, 0.6) is 0 Å². The average Bonchev–Trinajstić information content (AvgIpc) is 2.85. The van der Waals surface area contributed by atoms with Gasteiger partial charge in [-0.15, -0.1) is 0 Å². The lowest BCUT2D eigenvalue weighted by molar-refractivity contribution is 0.0967. The third-order valence-electron chi connectivity index (χ3n) is 3.15. The molecule has 0 fully saturated rings. The molecule has 0 aliphatic heterocycles. The number of carbonyl (C=O) groups excluding carboxylic acids is 1. The van der Waals surface area contributed by atoms with Crippen LogP contribution in [0.2, 0.25) is 0 Å². The van der Waals surface area contributed by atoms with Crippen LogP contribution in [0.25, 0.3) is 11.0 Å². The van der Waals surface area contributed by atoms with Gasteiger partial charge in [-0.2, -0.15) is 0 Å². The minimum atomic E-state index is -0.0435. The molecule has 3 nitrogen and oxygen atoms in total. The van der Waals surface area contributed by atoms with E-state index in [0.717, 1.165) is 22.2 Å². The summed E-state index contributed by atoms with van der Waals surface area (Å²) in [5.74, 6) is 0.351. The molecule has 0 saturated heterocycles. The van der Waals surface area contributed by atoms with Crippen molar-refractivity contribution >= 4 is 16.8 Å². The lowest BCUT2D eigenvalue weighted by Gasteiger charge is -2.01. The highest BCUT2D eigenvalue weighted by Crippen LogP contribution is 2.20. The van der Waals surface area contributed by atoms with Crippen LogP contribution in [0, 0.1) is 6.92 Å². The molecule has 0 radical (unpaired) electrons. The van der Waals surface area contributed by atoms with Gasteiger partial charge in [0.05, 0.1) is 12.1 Å². The van der Waals surface area contributed by atoms with Crippen molar-refractivity contribution in [3.63, 3.8) is 0 Å². The number of carbonyl (C=O) groups is 1. The quantitative estimate of drug-likeness (QED) is 0.668. The van der Waals surface area contributed by atoms with E-state index in [1.807, 2.05) is 43.3 Å². The number of hydrogen-bond donors (Lipinski definition) is 0. The van der Waals surface area contributed by atoms with Crippen LogP contribution in [0.1, 0.15) is 21.8 Å². The number of ketones is 1. The Morgan fingerprint density at radius 3 is 2.84 bits per heavy atom. The maximum absolute atomic E-state index is 12.2. The topological polar surface area (TPSA) is 43.1 Å². The number of furan rings is 1. The van der Waals surface area contributed by atoms with Crippen LogP contribution >= 0.6 is 0 Å². The fraction of sp³-hybridized carbons (Fsp3) is 0.125. The molecule has 0 amide bonds. The molecule has 0 spiro atoms. The first-order valence-corrected chi connectivity index (χ1v) is 6.16. The second kappa shape index (κ2) is 4.69. The normalized spacial score (nSPS) is 10.8. The highest BCUT2D eigenvalue weighted by atomic mass is 16.3. The van der Waals surface area contributed by atoms with Gasteiger partial charge in [0.15, 0.2) is 5.76 Å². The third-order valence-corrected chi connectivity index (χ3v) is 3.15. The van der Waals surface area contributed by atoms with Gasteiger partial charge in [-0.25, -0.2) is 0 Å². The first kappa shape index (κ1) is 11.7. The number of Topliss-reactive ketones (excluding diaryl/α,β-unsaturated/α-hetero) is 1. The van der Waals surface area contributed by atoms with Gasteiger partial charge in [0.2, 0.25) is 5.78 Å².